The summed E-state index contributed by atoms with van der Waals surface area (Å²) in [7, 11) is 1.21. The van der Waals surface area contributed by atoms with Crippen molar-refractivity contribution >= 4 is 23.5 Å². The van der Waals surface area contributed by atoms with Crippen LogP contribution >= 0.6 is 11.6 Å². The van der Waals surface area contributed by atoms with E-state index in [1.54, 1.807) is 6.07 Å². The van der Waals surface area contributed by atoms with Crippen LogP contribution in [0.1, 0.15) is 17.3 Å². The molecule has 2 aromatic carbocycles. The third-order valence-corrected chi connectivity index (χ3v) is 3.69. The van der Waals surface area contributed by atoms with Gasteiger partial charge in [-0.1, -0.05) is 23.7 Å². The second-order valence-electron chi connectivity index (χ2n) is 5.08. The standard InChI is InChI=1S/C17H15ClFNO4/c1-9(17(23)24-2)20-16(22)12-7-10(4-6-15(12)21)11-3-5-14(19)13(18)8-11/h3-9,21H,1-2H3,(H,20,22). The SMILES string of the molecule is COC(=O)C(C)NC(=O)c1cc(-c2ccc(F)c(Cl)c2)ccc1O. The Morgan fingerprint density at radius 1 is 1.21 bits per heavy atom. The molecule has 0 saturated carbocycles. The average Bonchev–Trinajstić information content (AvgIpc) is 2.56. The van der Waals surface area contributed by atoms with Gasteiger partial charge in [0, 0.05) is 0 Å². The number of carbonyl (C=O) groups excluding carboxylic acids is 2. The number of hydrogen-bond donors (Lipinski definition) is 2. The van der Waals surface area contributed by atoms with E-state index in [0.717, 1.165) is 0 Å². The van der Waals surface area contributed by atoms with Crippen LogP contribution in [0.2, 0.25) is 5.02 Å². The average molecular weight is 352 g/mol. The Morgan fingerprint density at radius 2 is 1.83 bits per heavy atom. The lowest BCUT2D eigenvalue weighted by Gasteiger charge is -2.13. The van der Waals surface area contributed by atoms with Crippen LogP contribution in [0, 0.1) is 5.82 Å². The maximum absolute atomic E-state index is 13.3. The van der Waals surface area contributed by atoms with Gasteiger partial charge in [0.2, 0.25) is 0 Å². The number of phenolic OH excluding ortho intramolecular Hbond substituents is 1. The van der Waals surface area contributed by atoms with Gasteiger partial charge in [-0.2, -0.15) is 0 Å². The number of ether oxygens (including phenoxy) is 1. The number of aromatic hydroxyl groups is 1. The van der Waals surface area contributed by atoms with Crippen LogP contribution in [0.5, 0.6) is 5.75 Å². The molecule has 0 saturated heterocycles. The van der Waals surface area contributed by atoms with E-state index in [4.69, 9.17) is 11.6 Å². The topological polar surface area (TPSA) is 75.6 Å². The predicted octanol–water partition coefficient (Wildman–Crippen LogP) is 3.14. The maximum Gasteiger partial charge on any atom is 0.328 e. The van der Waals surface area contributed by atoms with Gasteiger partial charge in [0.25, 0.3) is 5.91 Å². The van der Waals surface area contributed by atoms with Gasteiger partial charge in [-0.25, -0.2) is 9.18 Å². The molecule has 0 aliphatic heterocycles. The van der Waals surface area contributed by atoms with Crippen LogP contribution in [0.25, 0.3) is 11.1 Å². The Kier molecular flexibility index (Phi) is 5.41. The quantitative estimate of drug-likeness (QED) is 0.830. The molecule has 0 aliphatic carbocycles. The van der Waals surface area contributed by atoms with Gasteiger partial charge in [0.05, 0.1) is 17.7 Å². The summed E-state index contributed by atoms with van der Waals surface area (Å²) in [5.41, 5.74) is 1.12. The summed E-state index contributed by atoms with van der Waals surface area (Å²) in [5.74, 6) is -2.05. The van der Waals surface area contributed by atoms with Crippen molar-refractivity contribution in [1.82, 2.24) is 5.32 Å². The van der Waals surface area contributed by atoms with Crippen molar-refractivity contribution in [3.8, 4) is 16.9 Å². The fraction of sp³-hybridized carbons (Fsp3) is 0.176. The summed E-state index contributed by atoms with van der Waals surface area (Å²) >= 11 is 5.76. The number of carbonyl (C=O) groups is 2. The first-order valence-corrected chi connectivity index (χ1v) is 7.38. The van der Waals surface area contributed by atoms with Crippen molar-refractivity contribution < 1.29 is 23.8 Å². The molecule has 0 spiro atoms. The van der Waals surface area contributed by atoms with Crippen LogP contribution in [0.3, 0.4) is 0 Å². The minimum absolute atomic E-state index is 0.0244. The first-order chi connectivity index (χ1) is 11.3. The molecule has 2 aromatic rings. The van der Waals surface area contributed by atoms with Crippen LogP contribution in [0.15, 0.2) is 36.4 Å². The van der Waals surface area contributed by atoms with Crippen molar-refractivity contribution in [2.75, 3.05) is 7.11 Å². The molecular weight excluding hydrogens is 337 g/mol. The van der Waals surface area contributed by atoms with E-state index in [1.165, 1.54) is 44.4 Å². The summed E-state index contributed by atoms with van der Waals surface area (Å²) < 4.78 is 17.8. The first kappa shape index (κ1) is 17.7. The Balaban J connectivity index is 2.33. The van der Waals surface area contributed by atoms with E-state index >= 15 is 0 Å². The van der Waals surface area contributed by atoms with E-state index in [9.17, 15) is 19.1 Å². The fourth-order valence-electron chi connectivity index (χ4n) is 2.08. The molecular formula is C17H15ClFNO4. The van der Waals surface area contributed by atoms with Gasteiger partial charge in [0.15, 0.2) is 0 Å². The third-order valence-electron chi connectivity index (χ3n) is 3.40. The van der Waals surface area contributed by atoms with Gasteiger partial charge in [-0.3, -0.25) is 4.79 Å². The van der Waals surface area contributed by atoms with Crippen LogP contribution < -0.4 is 5.32 Å². The zero-order valence-corrected chi connectivity index (χ0v) is 13.7. The van der Waals surface area contributed by atoms with Crippen molar-refractivity contribution in [1.29, 1.82) is 0 Å². The smallest absolute Gasteiger partial charge is 0.328 e. The van der Waals surface area contributed by atoms with E-state index in [-0.39, 0.29) is 16.3 Å². The van der Waals surface area contributed by atoms with Crippen LogP contribution in [-0.4, -0.2) is 30.1 Å². The molecule has 0 bridgehead atoms. The molecule has 7 heteroatoms. The number of amides is 1. The molecule has 126 valence electrons. The van der Waals surface area contributed by atoms with Crippen LogP contribution in [0.4, 0.5) is 4.39 Å². The minimum Gasteiger partial charge on any atom is -0.507 e. The summed E-state index contributed by atoms with van der Waals surface area (Å²) in [6.07, 6.45) is 0. The Bertz CT molecular complexity index is 794. The Labute approximate surface area is 143 Å². The van der Waals surface area contributed by atoms with E-state index in [0.29, 0.717) is 11.1 Å². The number of rotatable bonds is 4. The van der Waals surface area contributed by atoms with Crippen molar-refractivity contribution in [3.63, 3.8) is 0 Å². The third kappa shape index (κ3) is 3.83. The Hall–Kier alpha value is -2.60. The lowest BCUT2D eigenvalue weighted by atomic mass is 10.0. The molecule has 2 rings (SSSR count). The second-order valence-corrected chi connectivity index (χ2v) is 5.49. The summed E-state index contributed by atoms with van der Waals surface area (Å²) in [5, 5.41) is 12.3. The number of hydrogen-bond acceptors (Lipinski definition) is 4. The number of halogens is 2. The molecule has 0 radical (unpaired) electrons. The fourth-order valence-corrected chi connectivity index (χ4v) is 2.26. The summed E-state index contributed by atoms with van der Waals surface area (Å²) in [6.45, 7) is 1.46. The number of methoxy groups -OCH3 is 1. The number of phenols is 1. The van der Waals surface area contributed by atoms with E-state index in [2.05, 4.69) is 10.1 Å². The summed E-state index contributed by atoms with van der Waals surface area (Å²) in [6, 6.07) is 7.60. The van der Waals surface area contributed by atoms with Gasteiger partial charge in [0.1, 0.15) is 17.6 Å². The van der Waals surface area contributed by atoms with E-state index < -0.39 is 23.7 Å². The zero-order chi connectivity index (χ0) is 17.9. The monoisotopic (exact) mass is 351 g/mol. The highest BCUT2D eigenvalue weighted by molar-refractivity contribution is 6.31. The minimum atomic E-state index is -0.870. The highest BCUT2D eigenvalue weighted by Gasteiger charge is 2.19. The zero-order valence-electron chi connectivity index (χ0n) is 13.0. The van der Waals surface area contributed by atoms with Crippen molar-refractivity contribution in [2.45, 2.75) is 13.0 Å². The number of benzene rings is 2. The maximum atomic E-state index is 13.3. The summed E-state index contributed by atoms with van der Waals surface area (Å²) in [4.78, 5) is 23.6. The lowest BCUT2D eigenvalue weighted by Crippen LogP contribution is -2.39. The largest absolute Gasteiger partial charge is 0.507 e. The van der Waals surface area contributed by atoms with Gasteiger partial charge in [-0.15, -0.1) is 0 Å². The van der Waals surface area contributed by atoms with Gasteiger partial charge < -0.3 is 15.2 Å². The molecule has 0 aromatic heterocycles. The molecule has 24 heavy (non-hydrogen) atoms. The first-order valence-electron chi connectivity index (χ1n) is 7.00. The molecule has 0 aliphatic rings. The molecule has 1 unspecified atom stereocenters. The lowest BCUT2D eigenvalue weighted by molar-refractivity contribution is -0.142. The molecule has 0 heterocycles. The van der Waals surface area contributed by atoms with E-state index in [1.807, 2.05) is 0 Å². The molecule has 0 fully saturated rings. The Morgan fingerprint density at radius 3 is 2.46 bits per heavy atom. The molecule has 1 amide bonds. The highest BCUT2D eigenvalue weighted by Crippen LogP contribution is 2.28. The van der Waals surface area contributed by atoms with Gasteiger partial charge >= 0.3 is 5.97 Å². The van der Waals surface area contributed by atoms with Crippen molar-refractivity contribution in [2.24, 2.45) is 0 Å². The normalized spacial score (nSPS) is 11.7. The van der Waals surface area contributed by atoms with Crippen LogP contribution in [-0.2, 0) is 9.53 Å². The highest BCUT2D eigenvalue weighted by atomic mass is 35.5. The van der Waals surface area contributed by atoms with Crippen molar-refractivity contribution in [3.05, 3.63) is 52.8 Å². The number of esters is 1. The number of nitrogens with one attached hydrogen (secondary N) is 1. The molecule has 1 atom stereocenters. The van der Waals surface area contributed by atoms with Gasteiger partial charge in [-0.05, 0) is 42.3 Å². The molecule has 5 nitrogen and oxygen atoms in total. The predicted molar refractivity (Wildman–Crippen MR) is 87.5 cm³/mol. The second kappa shape index (κ2) is 7.31. The molecule has 2 N–H and O–H groups in total.